The van der Waals surface area contributed by atoms with Gasteiger partial charge in [0.15, 0.2) is 0 Å². The highest BCUT2D eigenvalue weighted by Crippen LogP contribution is 2.39. The number of likely N-dealkylation sites (N-methyl/N-ethyl adjacent to an activating group) is 2. The lowest BCUT2D eigenvalue weighted by molar-refractivity contribution is -0.140. The summed E-state index contributed by atoms with van der Waals surface area (Å²) in [5, 5.41) is 5.24. The zero-order valence-corrected chi connectivity index (χ0v) is 14.9. The van der Waals surface area contributed by atoms with Gasteiger partial charge in [0.2, 0.25) is 11.8 Å². The van der Waals surface area contributed by atoms with Gasteiger partial charge in [0, 0.05) is 14.1 Å². The van der Waals surface area contributed by atoms with E-state index in [1.54, 1.807) is 0 Å². The summed E-state index contributed by atoms with van der Waals surface area (Å²) in [6.07, 6.45) is 2.14. The molecule has 138 valence electrons. The number of carbonyl (C=O) groups is 4. The number of carbonyl (C=O) groups excluding carboxylic acids is 4. The third-order valence-corrected chi connectivity index (χ3v) is 5.03. The van der Waals surface area contributed by atoms with Gasteiger partial charge in [-0.25, -0.2) is 4.79 Å². The molecule has 1 aliphatic heterocycles. The van der Waals surface area contributed by atoms with E-state index in [1.807, 2.05) is 24.3 Å². The first-order chi connectivity index (χ1) is 12.4. The molecule has 8 heteroatoms. The fourth-order valence-electron chi connectivity index (χ4n) is 3.59. The molecule has 5 amide bonds. The van der Waals surface area contributed by atoms with Gasteiger partial charge in [-0.05, 0) is 30.4 Å². The van der Waals surface area contributed by atoms with Gasteiger partial charge in [0.25, 0.3) is 5.91 Å². The van der Waals surface area contributed by atoms with Crippen LogP contribution in [0.2, 0.25) is 0 Å². The highest BCUT2D eigenvalue weighted by atomic mass is 16.2. The van der Waals surface area contributed by atoms with Crippen molar-refractivity contribution < 1.29 is 19.2 Å². The fourth-order valence-corrected chi connectivity index (χ4v) is 3.59. The molecule has 8 nitrogen and oxygen atoms in total. The molecule has 1 fully saturated rings. The number of imide groups is 1. The van der Waals surface area contributed by atoms with Gasteiger partial charge >= 0.3 is 6.03 Å². The Balaban J connectivity index is 1.80. The van der Waals surface area contributed by atoms with E-state index in [9.17, 15) is 19.2 Å². The highest BCUT2D eigenvalue weighted by molar-refractivity contribution is 6.09. The second kappa shape index (κ2) is 6.78. The second-order valence-electron chi connectivity index (χ2n) is 6.66. The van der Waals surface area contributed by atoms with E-state index in [-0.39, 0.29) is 19.0 Å². The Morgan fingerprint density at radius 1 is 1.31 bits per heavy atom. The molecule has 1 spiro atoms. The Bertz CT molecular complexity index is 778. The van der Waals surface area contributed by atoms with Crippen molar-refractivity contribution in [3.8, 4) is 0 Å². The van der Waals surface area contributed by atoms with Crippen LogP contribution in [-0.4, -0.2) is 60.7 Å². The van der Waals surface area contributed by atoms with Gasteiger partial charge in [0.05, 0.1) is 6.54 Å². The monoisotopic (exact) mass is 358 g/mol. The number of amides is 5. The minimum absolute atomic E-state index is 0.132. The maximum Gasteiger partial charge on any atom is 0.325 e. The summed E-state index contributed by atoms with van der Waals surface area (Å²) in [4.78, 5) is 51.4. The van der Waals surface area contributed by atoms with Crippen LogP contribution in [-0.2, 0) is 26.3 Å². The van der Waals surface area contributed by atoms with Crippen LogP contribution in [0.1, 0.15) is 24.0 Å². The molecule has 3 rings (SSSR count). The van der Waals surface area contributed by atoms with E-state index in [2.05, 4.69) is 10.6 Å². The molecule has 0 radical (unpaired) electrons. The number of nitrogens with zero attached hydrogens (tertiary/aromatic N) is 2. The van der Waals surface area contributed by atoms with Crippen molar-refractivity contribution >= 4 is 23.8 Å². The number of rotatable bonds is 4. The number of fused-ring (bicyclic) bond motifs is 2. The van der Waals surface area contributed by atoms with Gasteiger partial charge < -0.3 is 15.5 Å². The molecule has 0 bridgehead atoms. The smallest absolute Gasteiger partial charge is 0.325 e. The molecule has 0 unspecified atom stereocenters. The van der Waals surface area contributed by atoms with Gasteiger partial charge in [-0.15, -0.1) is 0 Å². The van der Waals surface area contributed by atoms with Gasteiger partial charge in [-0.3, -0.25) is 19.3 Å². The predicted octanol–water partition coefficient (Wildman–Crippen LogP) is -0.0256. The fraction of sp³-hybridized carbons (Fsp3) is 0.444. The third-order valence-electron chi connectivity index (χ3n) is 5.03. The van der Waals surface area contributed by atoms with Gasteiger partial charge in [0.1, 0.15) is 12.1 Å². The molecule has 0 saturated carbocycles. The summed E-state index contributed by atoms with van der Waals surface area (Å²) in [6, 6.07) is 6.99. The van der Waals surface area contributed by atoms with Gasteiger partial charge in [-0.2, -0.15) is 0 Å². The molecule has 1 saturated heterocycles. The van der Waals surface area contributed by atoms with Crippen LogP contribution in [0.3, 0.4) is 0 Å². The molecule has 0 aromatic heterocycles. The zero-order valence-electron chi connectivity index (χ0n) is 14.9. The molecule has 1 aliphatic carbocycles. The van der Waals surface area contributed by atoms with Crippen LogP contribution in [0.5, 0.6) is 0 Å². The average Bonchev–Trinajstić information content (AvgIpc) is 2.86. The van der Waals surface area contributed by atoms with E-state index < -0.39 is 23.4 Å². The summed E-state index contributed by atoms with van der Waals surface area (Å²) in [5.74, 6) is -1.20. The van der Waals surface area contributed by atoms with Crippen molar-refractivity contribution in [1.29, 1.82) is 0 Å². The molecule has 2 N–H and O–H groups in total. The van der Waals surface area contributed by atoms with Crippen LogP contribution in [0.4, 0.5) is 4.79 Å². The molecular weight excluding hydrogens is 336 g/mol. The normalized spacial score (nSPS) is 21.4. The Hall–Kier alpha value is -2.90. The van der Waals surface area contributed by atoms with E-state index >= 15 is 0 Å². The quantitative estimate of drug-likeness (QED) is 0.739. The van der Waals surface area contributed by atoms with E-state index in [0.717, 1.165) is 28.9 Å². The number of aryl methyl sites for hydroxylation is 1. The molecule has 26 heavy (non-hydrogen) atoms. The summed E-state index contributed by atoms with van der Waals surface area (Å²) in [7, 11) is 2.93. The zero-order chi connectivity index (χ0) is 18.9. The van der Waals surface area contributed by atoms with Crippen LogP contribution >= 0.6 is 0 Å². The lowest BCUT2D eigenvalue weighted by Gasteiger charge is -2.33. The number of hydrogen-bond acceptors (Lipinski definition) is 4. The van der Waals surface area contributed by atoms with Crippen molar-refractivity contribution in [3.63, 3.8) is 0 Å². The summed E-state index contributed by atoms with van der Waals surface area (Å²) < 4.78 is 0. The van der Waals surface area contributed by atoms with E-state index in [1.165, 1.54) is 19.0 Å². The highest BCUT2D eigenvalue weighted by Gasteiger charge is 2.54. The minimum Gasteiger partial charge on any atom is -0.358 e. The first-order valence-corrected chi connectivity index (χ1v) is 8.56. The lowest BCUT2D eigenvalue weighted by atomic mass is 9.76. The van der Waals surface area contributed by atoms with E-state index in [4.69, 9.17) is 0 Å². The molecule has 1 heterocycles. The molecule has 1 aromatic rings. The number of benzene rings is 1. The Kier molecular flexibility index (Phi) is 4.67. The first kappa shape index (κ1) is 17.9. The van der Waals surface area contributed by atoms with Crippen molar-refractivity contribution in [2.24, 2.45) is 0 Å². The number of hydrogen-bond donors (Lipinski definition) is 2. The molecule has 1 atom stereocenters. The number of urea groups is 1. The third kappa shape index (κ3) is 2.91. The predicted molar refractivity (Wildman–Crippen MR) is 93.0 cm³/mol. The van der Waals surface area contributed by atoms with E-state index in [0.29, 0.717) is 6.42 Å². The van der Waals surface area contributed by atoms with Crippen molar-refractivity contribution in [1.82, 2.24) is 20.4 Å². The van der Waals surface area contributed by atoms with Gasteiger partial charge in [-0.1, -0.05) is 24.3 Å². The standard InChI is InChI=1S/C18H22N4O4/c1-19-14(23)10-21(2)15(24)11-22-16(25)18(20-17(22)26)9-5-7-12-6-3-4-8-13(12)18/h3-4,6,8H,5,7,9-11H2,1-2H3,(H,19,23)(H,20,26)/t18-/m0/s1. The lowest BCUT2D eigenvalue weighted by Crippen LogP contribution is -2.47. The Morgan fingerprint density at radius 2 is 2.04 bits per heavy atom. The Morgan fingerprint density at radius 3 is 2.77 bits per heavy atom. The molecular formula is C18H22N4O4. The summed E-state index contributed by atoms with van der Waals surface area (Å²) in [6.45, 7) is -0.519. The summed E-state index contributed by atoms with van der Waals surface area (Å²) in [5.41, 5.74) is 0.751. The summed E-state index contributed by atoms with van der Waals surface area (Å²) >= 11 is 0. The molecule has 1 aromatic carbocycles. The second-order valence-corrected chi connectivity index (χ2v) is 6.66. The topological polar surface area (TPSA) is 98.8 Å². The van der Waals surface area contributed by atoms with Crippen molar-refractivity contribution in [2.45, 2.75) is 24.8 Å². The van der Waals surface area contributed by atoms with Crippen molar-refractivity contribution in [2.75, 3.05) is 27.2 Å². The van der Waals surface area contributed by atoms with Crippen LogP contribution in [0, 0.1) is 0 Å². The first-order valence-electron chi connectivity index (χ1n) is 8.56. The van der Waals surface area contributed by atoms with Crippen LogP contribution < -0.4 is 10.6 Å². The maximum atomic E-state index is 13.1. The van der Waals surface area contributed by atoms with Crippen molar-refractivity contribution in [3.05, 3.63) is 35.4 Å². The molecule has 2 aliphatic rings. The largest absolute Gasteiger partial charge is 0.358 e. The SMILES string of the molecule is CNC(=O)CN(C)C(=O)CN1C(=O)N[C@]2(CCCc3ccccc32)C1=O. The average molecular weight is 358 g/mol. The Labute approximate surface area is 151 Å². The minimum atomic E-state index is -1.09. The maximum absolute atomic E-state index is 13.1. The van der Waals surface area contributed by atoms with Crippen LogP contribution in [0.15, 0.2) is 24.3 Å². The van der Waals surface area contributed by atoms with Crippen LogP contribution in [0.25, 0.3) is 0 Å². The number of nitrogens with one attached hydrogen (secondary N) is 2.